The quantitative estimate of drug-likeness (QED) is 0.403. The van der Waals surface area contributed by atoms with E-state index in [1.165, 1.54) is 0 Å². The van der Waals surface area contributed by atoms with E-state index in [1.54, 1.807) is 18.3 Å². The van der Waals surface area contributed by atoms with Crippen molar-refractivity contribution < 1.29 is 9.47 Å². The lowest BCUT2D eigenvalue weighted by atomic mass is 10.2. The first-order valence-corrected chi connectivity index (χ1v) is 9.65. The Morgan fingerprint density at radius 1 is 1.35 bits per heavy atom. The zero-order chi connectivity index (χ0) is 18.9. The number of ether oxygens (including phenoxy) is 2. The van der Waals surface area contributed by atoms with Crippen molar-refractivity contribution in [1.82, 2.24) is 15.6 Å². The van der Waals surface area contributed by atoms with E-state index in [0.29, 0.717) is 20.9 Å². The summed E-state index contributed by atoms with van der Waals surface area (Å²) >= 11 is 17.6. The van der Waals surface area contributed by atoms with Crippen LogP contribution in [0, 0.1) is 0 Å². The third-order valence-corrected chi connectivity index (χ3v) is 4.37. The number of thiocarbonyl (C=S) groups is 1. The van der Waals surface area contributed by atoms with Crippen LogP contribution < -0.4 is 15.5 Å². The Morgan fingerprint density at radius 3 is 2.62 bits per heavy atom. The Morgan fingerprint density at radius 2 is 2.00 bits per heavy atom. The lowest BCUT2D eigenvalue weighted by molar-refractivity contribution is 0.0389. The van der Waals surface area contributed by atoms with Gasteiger partial charge in [0.15, 0.2) is 10.9 Å². The third-order valence-electron chi connectivity index (χ3n) is 3.57. The number of nitrogens with one attached hydrogen (secondary N) is 2. The van der Waals surface area contributed by atoms with E-state index in [1.807, 2.05) is 13.8 Å². The van der Waals surface area contributed by atoms with E-state index in [0.717, 1.165) is 45.0 Å². The predicted octanol–water partition coefficient (Wildman–Crippen LogP) is 2.91. The molecule has 2 N–H and O–H groups in total. The van der Waals surface area contributed by atoms with Gasteiger partial charge in [-0.05, 0) is 43.8 Å². The van der Waals surface area contributed by atoms with Gasteiger partial charge in [-0.1, -0.05) is 23.2 Å². The summed E-state index contributed by atoms with van der Waals surface area (Å²) in [6.07, 6.45) is 1.60. The number of hydrogen-bond donors (Lipinski definition) is 2. The highest BCUT2D eigenvalue weighted by molar-refractivity contribution is 7.80. The maximum Gasteiger partial charge on any atom is 0.187 e. The van der Waals surface area contributed by atoms with Gasteiger partial charge in [-0.15, -0.1) is 0 Å². The fraction of sp³-hybridized carbons (Fsp3) is 0.529. The Kier molecular flexibility index (Phi) is 8.87. The molecule has 6 nitrogen and oxygen atoms in total. The number of benzene rings is 1. The molecular weight excluding hydrogens is 395 g/mol. The standard InChI is InChI=1S/C17H24Cl2N4O2S/c1-12(2)25-16-14(18)9-13(10-15(16)19)11-21-22-17(26)20-3-4-23-5-7-24-8-6-23/h9-12H,3-8H2,1-2H3,(H2,20,22,26)/b21-11+. The first kappa shape index (κ1) is 21.2. The highest BCUT2D eigenvalue weighted by Gasteiger charge is 2.11. The van der Waals surface area contributed by atoms with Crippen LogP contribution in [0.5, 0.6) is 5.75 Å². The van der Waals surface area contributed by atoms with Gasteiger partial charge in [0.05, 0.1) is 35.6 Å². The summed E-state index contributed by atoms with van der Waals surface area (Å²) in [5, 5.41) is 8.58. The zero-order valence-electron chi connectivity index (χ0n) is 14.9. The fourth-order valence-electron chi connectivity index (χ4n) is 2.36. The summed E-state index contributed by atoms with van der Waals surface area (Å²) in [5.74, 6) is 0.480. The van der Waals surface area contributed by atoms with E-state index in [2.05, 4.69) is 20.7 Å². The number of hydrazone groups is 1. The lowest BCUT2D eigenvalue weighted by Gasteiger charge is -2.26. The maximum absolute atomic E-state index is 6.22. The van der Waals surface area contributed by atoms with Gasteiger partial charge in [-0.25, -0.2) is 0 Å². The van der Waals surface area contributed by atoms with Gasteiger partial charge in [-0.3, -0.25) is 10.3 Å². The van der Waals surface area contributed by atoms with Crippen LogP contribution in [0.2, 0.25) is 10.0 Å². The van der Waals surface area contributed by atoms with Crippen molar-refractivity contribution in [3.63, 3.8) is 0 Å². The average Bonchev–Trinajstić information content (AvgIpc) is 2.59. The molecule has 1 heterocycles. The van der Waals surface area contributed by atoms with Crippen molar-refractivity contribution in [2.45, 2.75) is 20.0 Å². The molecule has 2 rings (SSSR count). The molecule has 0 aromatic heterocycles. The lowest BCUT2D eigenvalue weighted by Crippen LogP contribution is -2.42. The Hall–Kier alpha value is -1.12. The maximum atomic E-state index is 6.22. The zero-order valence-corrected chi connectivity index (χ0v) is 17.3. The van der Waals surface area contributed by atoms with Gasteiger partial charge >= 0.3 is 0 Å². The Bertz CT molecular complexity index is 614. The van der Waals surface area contributed by atoms with Crippen molar-refractivity contribution in [2.24, 2.45) is 5.10 Å². The summed E-state index contributed by atoms with van der Waals surface area (Å²) in [5.41, 5.74) is 3.53. The monoisotopic (exact) mass is 418 g/mol. The molecule has 1 aromatic rings. The van der Waals surface area contributed by atoms with Gasteiger partial charge in [0, 0.05) is 26.2 Å². The first-order chi connectivity index (χ1) is 12.5. The SMILES string of the molecule is CC(C)Oc1c(Cl)cc(/C=N/NC(=S)NCCN2CCOCC2)cc1Cl. The number of hydrogen-bond acceptors (Lipinski definition) is 5. The Balaban J connectivity index is 1.77. The molecular formula is C17H24Cl2N4O2S. The largest absolute Gasteiger partial charge is 0.488 e. The molecule has 9 heteroatoms. The number of halogens is 2. The summed E-state index contributed by atoms with van der Waals surface area (Å²) in [4.78, 5) is 2.33. The summed E-state index contributed by atoms with van der Waals surface area (Å²) < 4.78 is 10.9. The molecule has 1 saturated heterocycles. The second-order valence-corrected chi connectivity index (χ2v) is 7.28. The Labute approximate surface area is 169 Å². The van der Waals surface area contributed by atoms with Crippen molar-refractivity contribution in [3.05, 3.63) is 27.7 Å². The molecule has 0 saturated carbocycles. The first-order valence-electron chi connectivity index (χ1n) is 8.48. The topological polar surface area (TPSA) is 58.1 Å². The van der Waals surface area contributed by atoms with E-state index < -0.39 is 0 Å². The minimum absolute atomic E-state index is 0.00732. The smallest absolute Gasteiger partial charge is 0.187 e. The molecule has 1 aliphatic heterocycles. The molecule has 1 fully saturated rings. The number of nitrogens with zero attached hydrogens (tertiary/aromatic N) is 2. The van der Waals surface area contributed by atoms with Crippen LogP contribution in [0.25, 0.3) is 0 Å². The average molecular weight is 419 g/mol. The van der Waals surface area contributed by atoms with Gasteiger partial charge in [0.25, 0.3) is 0 Å². The van der Waals surface area contributed by atoms with Crippen LogP contribution in [-0.4, -0.2) is 61.7 Å². The molecule has 1 aromatic carbocycles. The van der Waals surface area contributed by atoms with Gasteiger partial charge in [0.1, 0.15) is 0 Å². The molecule has 0 amide bonds. The predicted molar refractivity (Wildman–Crippen MR) is 111 cm³/mol. The highest BCUT2D eigenvalue weighted by Crippen LogP contribution is 2.34. The highest BCUT2D eigenvalue weighted by atomic mass is 35.5. The van der Waals surface area contributed by atoms with Crippen LogP contribution in [0.3, 0.4) is 0 Å². The van der Waals surface area contributed by atoms with Crippen molar-refractivity contribution in [3.8, 4) is 5.75 Å². The molecule has 0 spiro atoms. The minimum Gasteiger partial charge on any atom is -0.488 e. The number of morpholine rings is 1. The van der Waals surface area contributed by atoms with Crippen LogP contribution in [-0.2, 0) is 4.74 Å². The van der Waals surface area contributed by atoms with Crippen LogP contribution in [0.1, 0.15) is 19.4 Å². The normalized spacial score (nSPS) is 15.4. The van der Waals surface area contributed by atoms with Crippen LogP contribution in [0.4, 0.5) is 0 Å². The summed E-state index contributed by atoms with van der Waals surface area (Å²) in [6, 6.07) is 3.48. The second kappa shape index (κ2) is 10.9. The van der Waals surface area contributed by atoms with E-state index in [4.69, 9.17) is 44.9 Å². The molecule has 1 aliphatic rings. The molecule has 0 aliphatic carbocycles. The molecule has 26 heavy (non-hydrogen) atoms. The second-order valence-electron chi connectivity index (χ2n) is 6.06. The molecule has 144 valence electrons. The molecule has 0 bridgehead atoms. The van der Waals surface area contributed by atoms with Crippen LogP contribution in [0.15, 0.2) is 17.2 Å². The van der Waals surface area contributed by atoms with Crippen molar-refractivity contribution >= 4 is 46.7 Å². The van der Waals surface area contributed by atoms with Gasteiger partial charge in [0.2, 0.25) is 0 Å². The third kappa shape index (κ3) is 7.25. The van der Waals surface area contributed by atoms with Crippen molar-refractivity contribution in [1.29, 1.82) is 0 Å². The fourth-order valence-corrected chi connectivity index (χ4v) is 3.11. The minimum atomic E-state index is -0.00732. The number of rotatable bonds is 7. The van der Waals surface area contributed by atoms with E-state index in [-0.39, 0.29) is 6.10 Å². The van der Waals surface area contributed by atoms with E-state index >= 15 is 0 Å². The van der Waals surface area contributed by atoms with E-state index in [9.17, 15) is 0 Å². The summed E-state index contributed by atoms with van der Waals surface area (Å²) in [6.45, 7) is 8.99. The molecule has 0 unspecified atom stereocenters. The molecule has 0 atom stereocenters. The van der Waals surface area contributed by atoms with Gasteiger partial charge in [-0.2, -0.15) is 5.10 Å². The summed E-state index contributed by atoms with van der Waals surface area (Å²) in [7, 11) is 0. The van der Waals surface area contributed by atoms with Crippen molar-refractivity contribution in [2.75, 3.05) is 39.4 Å². The van der Waals surface area contributed by atoms with Crippen LogP contribution >= 0.6 is 35.4 Å². The molecule has 0 radical (unpaired) electrons. The van der Waals surface area contributed by atoms with Gasteiger partial charge < -0.3 is 14.8 Å².